The van der Waals surface area contributed by atoms with Crippen molar-refractivity contribution in [3.05, 3.63) is 120 Å². The third-order valence-corrected chi connectivity index (χ3v) is 7.09. The van der Waals surface area contributed by atoms with Crippen molar-refractivity contribution in [2.75, 3.05) is 0 Å². The Bertz CT molecular complexity index is 1870. The minimum absolute atomic E-state index is 0.592. The van der Waals surface area contributed by atoms with Crippen molar-refractivity contribution >= 4 is 39.1 Å². The molecule has 2 heterocycles. The van der Waals surface area contributed by atoms with Crippen LogP contribution in [0.15, 0.2) is 119 Å². The van der Waals surface area contributed by atoms with E-state index in [4.69, 9.17) is 31.0 Å². The Morgan fingerprint density at radius 3 is 2.08 bits per heavy atom. The van der Waals surface area contributed by atoms with Crippen molar-refractivity contribution in [3.8, 4) is 34.2 Å². The van der Waals surface area contributed by atoms with Gasteiger partial charge in [-0.1, -0.05) is 97.4 Å². The molecule has 0 aliphatic rings. The van der Waals surface area contributed by atoms with Gasteiger partial charge in [-0.15, -0.1) is 0 Å². The normalized spacial score (nSPS) is 12.4. The average molecular weight is 528 g/mol. The van der Waals surface area contributed by atoms with E-state index in [2.05, 4.69) is 31.2 Å². The van der Waals surface area contributed by atoms with Crippen LogP contribution < -0.4 is 0 Å². The summed E-state index contributed by atoms with van der Waals surface area (Å²) in [6.07, 6.45) is 4.75. The minimum atomic E-state index is 0.592. The number of rotatable bonds is 6. The van der Waals surface area contributed by atoms with Crippen LogP contribution in [0.4, 0.5) is 0 Å². The van der Waals surface area contributed by atoms with Crippen LogP contribution in [0.3, 0.4) is 0 Å². The summed E-state index contributed by atoms with van der Waals surface area (Å²) in [6.45, 7) is 4.06. The number of hydrogen-bond donors (Lipinski definition) is 0. The first kappa shape index (κ1) is 24.8. The molecule has 5 heteroatoms. The van der Waals surface area contributed by atoms with Crippen molar-refractivity contribution in [1.82, 2.24) is 15.0 Å². The highest BCUT2D eigenvalue weighted by atomic mass is 35.5. The van der Waals surface area contributed by atoms with E-state index in [9.17, 15) is 0 Å². The summed E-state index contributed by atoms with van der Waals surface area (Å²) < 4.78 is 6.15. The van der Waals surface area contributed by atoms with Gasteiger partial charge < -0.3 is 4.42 Å². The Morgan fingerprint density at radius 2 is 1.33 bits per heavy atom. The van der Waals surface area contributed by atoms with Crippen LogP contribution in [0.25, 0.3) is 61.7 Å². The maximum Gasteiger partial charge on any atom is 0.164 e. The zero-order valence-electron chi connectivity index (χ0n) is 21.7. The minimum Gasteiger partial charge on any atom is -0.456 e. The first-order valence-electron chi connectivity index (χ1n) is 13.0. The van der Waals surface area contributed by atoms with Gasteiger partial charge in [-0.2, -0.15) is 0 Å². The molecule has 0 saturated heterocycles. The van der Waals surface area contributed by atoms with E-state index < -0.39 is 0 Å². The van der Waals surface area contributed by atoms with Crippen LogP contribution >= 0.6 is 11.6 Å². The lowest BCUT2D eigenvalue weighted by atomic mass is 10.00. The van der Waals surface area contributed by atoms with Gasteiger partial charge in [0.1, 0.15) is 11.2 Å². The number of nitrogens with zero attached hydrogens (tertiary/aromatic N) is 3. The largest absolute Gasteiger partial charge is 0.456 e. The molecule has 0 radical (unpaired) electrons. The molecule has 2 aromatic heterocycles. The van der Waals surface area contributed by atoms with Gasteiger partial charge in [-0.3, -0.25) is 0 Å². The fourth-order valence-electron chi connectivity index (χ4n) is 4.71. The number of halogens is 1. The second-order valence-corrected chi connectivity index (χ2v) is 9.70. The molecule has 6 aromatic rings. The maximum atomic E-state index is 6.33. The number of para-hydroxylation sites is 1. The Hall–Kier alpha value is -4.54. The van der Waals surface area contributed by atoms with Gasteiger partial charge in [0.05, 0.1) is 0 Å². The lowest BCUT2D eigenvalue weighted by Gasteiger charge is -2.10. The fraction of sp³-hybridized carbons (Fsp3) is 0.0882. The van der Waals surface area contributed by atoms with Crippen LogP contribution in [0.1, 0.15) is 25.8 Å². The van der Waals surface area contributed by atoms with Crippen LogP contribution in [0, 0.1) is 0 Å². The summed E-state index contributed by atoms with van der Waals surface area (Å²) >= 11 is 6.33. The first-order valence-corrected chi connectivity index (χ1v) is 13.4. The highest BCUT2D eigenvalue weighted by Crippen LogP contribution is 2.33. The molecule has 4 nitrogen and oxygen atoms in total. The molecule has 0 aliphatic heterocycles. The third kappa shape index (κ3) is 4.99. The van der Waals surface area contributed by atoms with Crippen molar-refractivity contribution in [2.24, 2.45) is 0 Å². The summed E-state index contributed by atoms with van der Waals surface area (Å²) in [7, 11) is 0. The second kappa shape index (κ2) is 10.7. The van der Waals surface area contributed by atoms with E-state index in [1.54, 1.807) is 0 Å². The molecule has 190 valence electrons. The quantitative estimate of drug-likeness (QED) is 0.202. The molecule has 0 amide bonds. The monoisotopic (exact) mass is 527 g/mol. The molecular formula is C34H26ClN3O. The summed E-state index contributed by atoms with van der Waals surface area (Å²) in [5, 5.41) is 2.88. The zero-order chi connectivity index (χ0) is 26.8. The van der Waals surface area contributed by atoms with E-state index in [1.165, 1.54) is 0 Å². The Labute approximate surface area is 232 Å². The molecule has 6 rings (SSSR count). The maximum absolute atomic E-state index is 6.33. The third-order valence-electron chi connectivity index (χ3n) is 6.76. The van der Waals surface area contributed by atoms with Crippen molar-refractivity contribution in [1.29, 1.82) is 0 Å². The SMILES string of the molecule is C/C=C(Cl)\C=C(/CC)c1cccc(-c2nc(-c3ccccc3)nc(-c3ccc4c(c3)oc3ccccc34)n2)c1. The van der Waals surface area contributed by atoms with Gasteiger partial charge in [0.25, 0.3) is 0 Å². The molecule has 0 fully saturated rings. The van der Waals surface area contributed by atoms with Crippen molar-refractivity contribution < 1.29 is 4.42 Å². The van der Waals surface area contributed by atoms with E-state index in [-0.39, 0.29) is 0 Å². The summed E-state index contributed by atoms with van der Waals surface area (Å²) in [4.78, 5) is 14.7. The van der Waals surface area contributed by atoms with Crippen molar-refractivity contribution in [2.45, 2.75) is 20.3 Å². The van der Waals surface area contributed by atoms with Crippen molar-refractivity contribution in [3.63, 3.8) is 0 Å². The van der Waals surface area contributed by atoms with E-state index in [0.717, 1.165) is 56.2 Å². The Morgan fingerprint density at radius 1 is 0.692 bits per heavy atom. The smallest absolute Gasteiger partial charge is 0.164 e. The van der Waals surface area contributed by atoms with Gasteiger partial charge in [0.15, 0.2) is 17.5 Å². The van der Waals surface area contributed by atoms with Crippen LogP contribution in [-0.2, 0) is 0 Å². The number of benzene rings is 4. The molecule has 0 N–H and O–H groups in total. The van der Waals surface area contributed by atoms with E-state index in [1.807, 2.05) is 91.9 Å². The number of fused-ring (bicyclic) bond motifs is 3. The number of aromatic nitrogens is 3. The highest BCUT2D eigenvalue weighted by molar-refractivity contribution is 6.31. The Balaban J connectivity index is 1.51. The average Bonchev–Trinajstić information content (AvgIpc) is 3.38. The predicted octanol–water partition coefficient (Wildman–Crippen LogP) is 9.71. The Kier molecular flexibility index (Phi) is 6.78. The topological polar surface area (TPSA) is 51.8 Å². The van der Waals surface area contributed by atoms with Gasteiger partial charge in [-0.25, -0.2) is 15.0 Å². The molecule has 0 saturated carbocycles. The van der Waals surface area contributed by atoms with Gasteiger partial charge in [0, 0.05) is 32.5 Å². The molecular weight excluding hydrogens is 502 g/mol. The van der Waals surface area contributed by atoms with Crippen LogP contribution in [0.2, 0.25) is 0 Å². The van der Waals surface area contributed by atoms with E-state index >= 15 is 0 Å². The predicted molar refractivity (Wildman–Crippen MR) is 161 cm³/mol. The number of hydrogen-bond acceptors (Lipinski definition) is 4. The standard InChI is InChI=1S/C34H26ClN3O/c1-3-22(20-27(35)4-2)24-13-10-14-25(19-24)33-36-32(23-11-6-5-7-12-23)37-34(38-33)26-17-18-29-28-15-8-9-16-30(28)39-31(29)21-26/h4-21H,3H2,1-2H3/b22-20+,27-4+. The molecule has 0 unspecified atom stereocenters. The van der Waals surface area contributed by atoms with E-state index in [0.29, 0.717) is 22.5 Å². The number of allylic oxidation sites excluding steroid dienone is 4. The summed E-state index contributed by atoms with van der Waals surface area (Å²) in [6, 6.07) is 32.5. The molecule has 0 spiro atoms. The highest BCUT2D eigenvalue weighted by Gasteiger charge is 2.15. The lowest BCUT2D eigenvalue weighted by molar-refractivity contribution is 0.669. The van der Waals surface area contributed by atoms with Crippen LogP contribution in [0.5, 0.6) is 0 Å². The summed E-state index contributed by atoms with van der Waals surface area (Å²) in [5.41, 5.74) is 6.60. The molecule has 4 aromatic carbocycles. The molecule has 0 atom stereocenters. The van der Waals surface area contributed by atoms with Crippen LogP contribution in [-0.4, -0.2) is 15.0 Å². The molecule has 39 heavy (non-hydrogen) atoms. The van der Waals surface area contributed by atoms with Gasteiger partial charge in [-0.05, 0) is 54.8 Å². The molecule has 0 aliphatic carbocycles. The van der Waals surface area contributed by atoms with Gasteiger partial charge in [0.2, 0.25) is 0 Å². The fourth-order valence-corrected chi connectivity index (χ4v) is 4.84. The zero-order valence-corrected chi connectivity index (χ0v) is 22.5. The van der Waals surface area contributed by atoms with Gasteiger partial charge >= 0.3 is 0 Å². The number of furan rings is 1. The second-order valence-electron chi connectivity index (χ2n) is 9.26. The summed E-state index contributed by atoms with van der Waals surface area (Å²) in [5.74, 6) is 1.82. The molecule has 0 bridgehead atoms. The lowest BCUT2D eigenvalue weighted by Crippen LogP contribution is -2.00. The first-order chi connectivity index (χ1) is 19.1.